The molecule has 6 rings (SSSR count). The summed E-state index contributed by atoms with van der Waals surface area (Å²) in [6, 6.07) is 19.7. The van der Waals surface area contributed by atoms with Gasteiger partial charge in [-0.25, -0.2) is 9.97 Å². The maximum atomic E-state index is 6.24. The molecule has 0 saturated heterocycles. The van der Waals surface area contributed by atoms with Gasteiger partial charge in [0.25, 0.3) is 0 Å². The van der Waals surface area contributed by atoms with Crippen LogP contribution in [0.1, 0.15) is 11.1 Å². The first-order chi connectivity index (χ1) is 16.7. The summed E-state index contributed by atoms with van der Waals surface area (Å²) in [6.07, 6.45) is 8.00. The zero-order chi connectivity index (χ0) is 22.9. The zero-order valence-corrected chi connectivity index (χ0v) is 19.0. The average Bonchev–Trinajstić information content (AvgIpc) is 3.30. The predicted octanol–water partition coefficient (Wildman–Crippen LogP) is 6.01. The lowest BCUT2D eigenvalue weighted by molar-refractivity contribution is 0.306. The summed E-state index contributed by atoms with van der Waals surface area (Å²) in [4.78, 5) is 20.5. The molecule has 0 unspecified atom stereocenters. The van der Waals surface area contributed by atoms with Gasteiger partial charge in [0.2, 0.25) is 0 Å². The summed E-state index contributed by atoms with van der Waals surface area (Å²) in [5.41, 5.74) is 5.03. The molecular weight excluding hydrogens is 446 g/mol. The fourth-order valence-corrected chi connectivity index (χ4v) is 4.45. The molecule has 34 heavy (non-hydrogen) atoms. The lowest BCUT2D eigenvalue weighted by atomic mass is 10.1. The van der Waals surface area contributed by atoms with Crippen molar-refractivity contribution in [1.82, 2.24) is 19.9 Å². The molecule has 0 N–H and O–H groups in total. The van der Waals surface area contributed by atoms with E-state index in [1.807, 2.05) is 54.6 Å². The SMILES string of the molecule is Clc1ccc2c(c1)CCN2c1nc(-c2cccnc2)nc2cc(OCc3cccnc3)ccc12. The monoisotopic (exact) mass is 465 g/mol. The van der Waals surface area contributed by atoms with Gasteiger partial charge in [-0.15, -0.1) is 0 Å². The standard InChI is InChI=1S/C27H20ClN5O/c28-21-5-8-25-19(13-21)9-12-33(25)27-23-7-6-22(34-17-18-3-1-10-29-15-18)14-24(23)31-26(32-27)20-4-2-11-30-16-20/h1-8,10-11,13-16H,9,12,17H2. The molecule has 1 aliphatic rings. The number of hydrogen-bond donors (Lipinski definition) is 0. The number of rotatable bonds is 5. The van der Waals surface area contributed by atoms with E-state index in [0.717, 1.165) is 57.3 Å². The van der Waals surface area contributed by atoms with Crippen LogP contribution in [0.25, 0.3) is 22.3 Å². The minimum atomic E-state index is 0.438. The first-order valence-corrected chi connectivity index (χ1v) is 11.4. The van der Waals surface area contributed by atoms with Gasteiger partial charge in [0.1, 0.15) is 18.2 Å². The van der Waals surface area contributed by atoms with Crippen molar-refractivity contribution in [1.29, 1.82) is 0 Å². The number of nitrogens with zero attached hydrogens (tertiary/aromatic N) is 5. The fourth-order valence-electron chi connectivity index (χ4n) is 4.25. The highest BCUT2D eigenvalue weighted by Crippen LogP contribution is 2.39. The summed E-state index contributed by atoms with van der Waals surface area (Å²) >= 11 is 6.24. The Morgan fingerprint density at radius 2 is 1.79 bits per heavy atom. The van der Waals surface area contributed by atoms with Crippen molar-refractivity contribution in [2.45, 2.75) is 13.0 Å². The van der Waals surface area contributed by atoms with Crippen LogP contribution in [-0.2, 0) is 13.0 Å². The van der Waals surface area contributed by atoms with Gasteiger partial charge in [-0.3, -0.25) is 9.97 Å². The van der Waals surface area contributed by atoms with Crippen LogP contribution in [0.4, 0.5) is 11.5 Å². The second-order valence-corrected chi connectivity index (χ2v) is 8.55. The first-order valence-electron chi connectivity index (χ1n) is 11.0. The van der Waals surface area contributed by atoms with Crippen molar-refractivity contribution in [3.05, 3.63) is 102 Å². The third-order valence-corrected chi connectivity index (χ3v) is 6.12. The van der Waals surface area contributed by atoms with E-state index >= 15 is 0 Å². The van der Waals surface area contributed by atoms with E-state index in [4.69, 9.17) is 26.3 Å². The summed E-state index contributed by atoms with van der Waals surface area (Å²) in [5.74, 6) is 2.23. The molecule has 0 atom stereocenters. The van der Waals surface area contributed by atoms with E-state index in [2.05, 4.69) is 20.9 Å². The quantitative estimate of drug-likeness (QED) is 0.316. The zero-order valence-electron chi connectivity index (χ0n) is 18.2. The van der Waals surface area contributed by atoms with Crippen LogP contribution in [-0.4, -0.2) is 26.5 Å². The van der Waals surface area contributed by atoms with Crippen LogP contribution >= 0.6 is 11.6 Å². The van der Waals surface area contributed by atoms with Crippen LogP contribution in [0.2, 0.25) is 5.02 Å². The van der Waals surface area contributed by atoms with Crippen molar-refractivity contribution in [3.63, 3.8) is 0 Å². The summed E-state index contributed by atoms with van der Waals surface area (Å²) in [7, 11) is 0. The highest BCUT2D eigenvalue weighted by Gasteiger charge is 2.24. The maximum Gasteiger partial charge on any atom is 0.163 e. The Balaban J connectivity index is 1.44. The lowest BCUT2D eigenvalue weighted by Gasteiger charge is -2.21. The molecule has 0 saturated carbocycles. The first kappa shape index (κ1) is 20.6. The third-order valence-electron chi connectivity index (χ3n) is 5.89. The van der Waals surface area contributed by atoms with Gasteiger partial charge in [0, 0.05) is 64.6 Å². The molecule has 166 valence electrons. The third kappa shape index (κ3) is 3.93. The van der Waals surface area contributed by atoms with E-state index in [1.54, 1.807) is 24.8 Å². The van der Waals surface area contributed by atoms with Crippen molar-refractivity contribution in [3.8, 4) is 17.1 Å². The maximum absolute atomic E-state index is 6.24. The van der Waals surface area contributed by atoms with E-state index in [1.165, 1.54) is 5.56 Å². The van der Waals surface area contributed by atoms with E-state index in [-0.39, 0.29) is 0 Å². The molecule has 7 heteroatoms. The number of hydrogen-bond acceptors (Lipinski definition) is 6. The van der Waals surface area contributed by atoms with Gasteiger partial charge in [-0.1, -0.05) is 17.7 Å². The normalized spacial score (nSPS) is 12.7. The molecule has 6 nitrogen and oxygen atoms in total. The molecule has 0 aliphatic carbocycles. The van der Waals surface area contributed by atoms with Crippen LogP contribution in [0.5, 0.6) is 5.75 Å². The summed E-state index contributed by atoms with van der Waals surface area (Å²) < 4.78 is 6.04. The van der Waals surface area contributed by atoms with Crippen LogP contribution < -0.4 is 9.64 Å². The number of pyridine rings is 2. The second kappa shape index (κ2) is 8.72. The van der Waals surface area contributed by atoms with Gasteiger partial charge in [0.05, 0.1) is 5.52 Å². The molecule has 5 aromatic rings. The van der Waals surface area contributed by atoms with E-state index < -0.39 is 0 Å². The molecule has 0 spiro atoms. The number of aromatic nitrogens is 4. The number of halogens is 1. The van der Waals surface area contributed by atoms with Crippen LogP contribution in [0.3, 0.4) is 0 Å². The minimum absolute atomic E-state index is 0.438. The second-order valence-electron chi connectivity index (χ2n) is 8.12. The highest BCUT2D eigenvalue weighted by atomic mass is 35.5. The Labute approximate surface area is 201 Å². The van der Waals surface area contributed by atoms with Crippen molar-refractivity contribution >= 4 is 34.0 Å². The Hall–Kier alpha value is -4.03. The number of fused-ring (bicyclic) bond motifs is 2. The topological polar surface area (TPSA) is 64.0 Å². The van der Waals surface area contributed by atoms with Crippen LogP contribution in [0, 0.1) is 0 Å². The number of ether oxygens (including phenoxy) is 1. The lowest BCUT2D eigenvalue weighted by Crippen LogP contribution is -2.16. The molecule has 1 aliphatic heterocycles. The largest absolute Gasteiger partial charge is 0.489 e. The Bertz CT molecular complexity index is 1480. The number of anilines is 2. The number of benzene rings is 2. The van der Waals surface area contributed by atoms with Crippen LogP contribution in [0.15, 0.2) is 85.5 Å². The smallest absolute Gasteiger partial charge is 0.163 e. The Kier molecular flexibility index (Phi) is 5.28. The molecule has 2 aromatic carbocycles. The molecule has 0 amide bonds. The molecule has 0 fully saturated rings. The highest BCUT2D eigenvalue weighted by molar-refractivity contribution is 6.30. The van der Waals surface area contributed by atoms with Gasteiger partial charge in [0.15, 0.2) is 5.82 Å². The van der Waals surface area contributed by atoms with E-state index in [9.17, 15) is 0 Å². The predicted molar refractivity (Wildman–Crippen MR) is 133 cm³/mol. The van der Waals surface area contributed by atoms with Gasteiger partial charge in [-0.05, 0) is 60.5 Å². The molecule has 0 bridgehead atoms. The Morgan fingerprint density at radius 1 is 0.912 bits per heavy atom. The van der Waals surface area contributed by atoms with Gasteiger partial charge < -0.3 is 9.64 Å². The summed E-state index contributed by atoms with van der Waals surface area (Å²) in [5, 5.41) is 1.71. The molecule has 4 heterocycles. The Morgan fingerprint density at radius 3 is 2.62 bits per heavy atom. The molecule has 0 radical (unpaired) electrons. The van der Waals surface area contributed by atoms with Gasteiger partial charge >= 0.3 is 0 Å². The van der Waals surface area contributed by atoms with Crippen molar-refractivity contribution in [2.75, 3.05) is 11.4 Å². The van der Waals surface area contributed by atoms with Crippen molar-refractivity contribution < 1.29 is 4.74 Å². The fraction of sp³-hybridized carbons (Fsp3) is 0.111. The summed E-state index contributed by atoms with van der Waals surface area (Å²) in [6.45, 7) is 1.26. The van der Waals surface area contributed by atoms with E-state index in [0.29, 0.717) is 12.4 Å². The average molecular weight is 466 g/mol. The van der Waals surface area contributed by atoms with Gasteiger partial charge in [-0.2, -0.15) is 0 Å². The van der Waals surface area contributed by atoms with Crippen molar-refractivity contribution in [2.24, 2.45) is 0 Å². The molecule has 3 aromatic heterocycles. The molecular formula is C27H20ClN5O. The minimum Gasteiger partial charge on any atom is -0.489 e.